The van der Waals surface area contributed by atoms with Gasteiger partial charge in [-0.1, -0.05) is 5.16 Å². The number of ether oxygens (including phenoxy) is 1. The van der Waals surface area contributed by atoms with Crippen LogP contribution in [0.5, 0.6) is 0 Å². The molecule has 0 aliphatic carbocycles. The van der Waals surface area contributed by atoms with Crippen molar-refractivity contribution in [1.29, 1.82) is 0 Å². The van der Waals surface area contributed by atoms with Crippen LogP contribution in [0.2, 0.25) is 0 Å². The quantitative estimate of drug-likeness (QED) is 0.795. The maximum absolute atomic E-state index is 12.0. The molecule has 0 radical (unpaired) electrons. The summed E-state index contributed by atoms with van der Waals surface area (Å²) >= 11 is 0. The molecule has 0 saturated carbocycles. The van der Waals surface area contributed by atoms with E-state index in [0.717, 1.165) is 0 Å². The highest BCUT2D eigenvalue weighted by atomic mass is 16.5. The number of aromatic nitrogens is 1. The van der Waals surface area contributed by atoms with E-state index in [9.17, 15) is 9.59 Å². The van der Waals surface area contributed by atoms with Gasteiger partial charge in [0.25, 0.3) is 11.8 Å². The normalized spacial score (nSPS) is 15.9. The molecule has 1 fully saturated rings. The predicted molar refractivity (Wildman–Crippen MR) is 68.7 cm³/mol. The summed E-state index contributed by atoms with van der Waals surface area (Å²) in [7, 11) is 1.55. The molecule has 1 aromatic heterocycles. The third-order valence-corrected chi connectivity index (χ3v) is 2.87. The lowest BCUT2D eigenvalue weighted by atomic mass is 10.3. The molecular weight excluding hydrogens is 264 g/mol. The predicted octanol–water partition coefficient (Wildman–Crippen LogP) is -0.582. The first-order chi connectivity index (χ1) is 9.56. The molecular formula is C12H18N4O4. The number of nitrogens with zero attached hydrogens (tertiary/aromatic N) is 3. The van der Waals surface area contributed by atoms with Gasteiger partial charge in [0, 0.05) is 26.2 Å². The molecule has 0 spiro atoms. The number of likely N-dealkylation sites (N-methyl/N-ethyl adjacent to an activating group) is 1. The van der Waals surface area contributed by atoms with Gasteiger partial charge in [0.2, 0.25) is 0 Å². The number of amides is 2. The Morgan fingerprint density at radius 1 is 1.45 bits per heavy atom. The lowest BCUT2D eigenvalue weighted by molar-refractivity contribution is -0.128. The molecule has 2 heterocycles. The van der Waals surface area contributed by atoms with Crippen molar-refractivity contribution in [1.82, 2.24) is 20.5 Å². The van der Waals surface area contributed by atoms with Gasteiger partial charge in [0.15, 0.2) is 5.69 Å². The fraction of sp³-hybridized carbons (Fsp3) is 0.583. The summed E-state index contributed by atoms with van der Waals surface area (Å²) in [4.78, 5) is 25.1. The van der Waals surface area contributed by atoms with Crippen LogP contribution in [-0.4, -0.2) is 66.8 Å². The summed E-state index contributed by atoms with van der Waals surface area (Å²) in [6, 6.07) is 1.54. The van der Waals surface area contributed by atoms with Crippen molar-refractivity contribution in [3.63, 3.8) is 0 Å². The Balaban J connectivity index is 1.82. The third-order valence-electron chi connectivity index (χ3n) is 2.87. The van der Waals surface area contributed by atoms with Gasteiger partial charge < -0.3 is 14.2 Å². The summed E-state index contributed by atoms with van der Waals surface area (Å²) in [5, 5.41) is 5.42. The fourth-order valence-electron chi connectivity index (χ4n) is 1.84. The molecule has 2 rings (SSSR count). The highest BCUT2D eigenvalue weighted by Gasteiger charge is 2.20. The van der Waals surface area contributed by atoms with Crippen LogP contribution < -0.4 is 5.43 Å². The zero-order valence-corrected chi connectivity index (χ0v) is 11.6. The first kappa shape index (κ1) is 14.5. The Bertz CT molecular complexity index is 482. The Morgan fingerprint density at radius 3 is 2.75 bits per heavy atom. The molecule has 0 aromatic carbocycles. The standard InChI is InChI=1S/C12H18N4O4/c1-9-7-10(14-20-9)12(18)15(2)8-11(17)13-16-3-5-19-6-4-16/h7H,3-6,8H2,1-2H3,(H,13,17). The van der Waals surface area contributed by atoms with Crippen molar-refractivity contribution >= 4 is 11.8 Å². The van der Waals surface area contributed by atoms with Crippen molar-refractivity contribution in [2.45, 2.75) is 6.92 Å². The number of rotatable bonds is 4. The number of carbonyl (C=O) groups is 2. The Labute approximate surface area is 116 Å². The van der Waals surface area contributed by atoms with Crippen LogP contribution in [0.25, 0.3) is 0 Å². The van der Waals surface area contributed by atoms with E-state index in [1.54, 1.807) is 25.0 Å². The van der Waals surface area contributed by atoms with E-state index in [1.807, 2.05) is 0 Å². The van der Waals surface area contributed by atoms with Crippen molar-refractivity contribution < 1.29 is 18.8 Å². The van der Waals surface area contributed by atoms with Gasteiger partial charge >= 0.3 is 0 Å². The maximum Gasteiger partial charge on any atom is 0.276 e. The van der Waals surface area contributed by atoms with Gasteiger partial charge in [-0.25, -0.2) is 5.01 Å². The number of aryl methyl sites for hydroxylation is 1. The number of hydrogen-bond donors (Lipinski definition) is 1. The van der Waals surface area contributed by atoms with E-state index in [1.165, 1.54) is 4.90 Å². The number of hydrogen-bond acceptors (Lipinski definition) is 6. The highest BCUT2D eigenvalue weighted by Crippen LogP contribution is 2.04. The lowest BCUT2D eigenvalue weighted by Crippen LogP contribution is -2.51. The topological polar surface area (TPSA) is 87.9 Å². The van der Waals surface area contributed by atoms with E-state index in [2.05, 4.69) is 10.6 Å². The zero-order chi connectivity index (χ0) is 14.5. The second-order valence-corrected chi connectivity index (χ2v) is 4.62. The molecule has 110 valence electrons. The molecule has 0 unspecified atom stereocenters. The van der Waals surface area contributed by atoms with Gasteiger partial charge in [0.05, 0.1) is 13.2 Å². The summed E-state index contributed by atoms with van der Waals surface area (Å²) in [5.74, 6) is -0.0403. The van der Waals surface area contributed by atoms with E-state index >= 15 is 0 Å². The summed E-state index contributed by atoms with van der Waals surface area (Å²) in [6.45, 7) is 4.13. The second kappa shape index (κ2) is 6.49. The van der Waals surface area contributed by atoms with Crippen molar-refractivity contribution in [2.75, 3.05) is 39.9 Å². The van der Waals surface area contributed by atoms with Gasteiger partial charge in [-0.15, -0.1) is 0 Å². The first-order valence-corrected chi connectivity index (χ1v) is 6.37. The monoisotopic (exact) mass is 282 g/mol. The molecule has 2 amide bonds. The number of hydrazine groups is 1. The number of carbonyl (C=O) groups excluding carboxylic acids is 2. The van der Waals surface area contributed by atoms with Gasteiger partial charge in [0.1, 0.15) is 12.3 Å². The molecule has 0 bridgehead atoms. The van der Waals surface area contributed by atoms with Crippen LogP contribution in [0.4, 0.5) is 0 Å². The molecule has 1 saturated heterocycles. The molecule has 0 atom stereocenters. The van der Waals surface area contributed by atoms with Crippen LogP contribution in [0, 0.1) is 6.92 Å². The maximum atomic E-state index is 12.0. The number of morpholine rings is 1. The van der Waals surface area contributed by atoms with Gasteiger partial charge in [-0.05, 0) is 6.92 Å². The minimum Gasteiger partial charge on any atom is -0.379 e. The molecule has 1 aliphatic heterocycles. The van der Waals surface area contributed by atoms with Gasteiger partial charge in [-0.2, -0.15) is 0 Å². The minimum absolute atomic E-state index is 0.0396. The smallest absolute Gasteiger partial charge is 0.276 e. The van der Waals surface area contributed by atoms with Crippen LogP contribution >= 0.6 is 0 Å². The summed E-state index contributed by atoms with van der Waals surface area (Å²) in [6.07, 6.45) is 0. The second-order valence-electron chi connectivity index (χ2n) is 4.62. The molecule has 20 heavy (non-hydrogen) atoms. The van der Waals surface area contributed by atoms with Crippen molar-refractivity contribution in [2.24, 2.45) is 0 Å². The number of nitrogens with one attached hydrogen (secondary N) is 1. The Morgan fingerprint density at radius 2 is 2.15 bits per heavy atom. The average Bonchev–Trinajstić information content (AvgIpc) is 2.85. The fourth-order valence-corrected chi connectivity index (χ4v) is 1.84. The van der Waals surface area contributed by atoms with Crippen LogP contribution in [-0.2, 0) is 9.53 Å². The van der Waals surface area contributed by atoms with Crippen LogP contribution in [0.15, 0.2) is 10.6 Å². The average molecular weight is 282 g/mol. The SMILES string of the molecule is Cc1cc(C(=O)N(C)CC(=O)NN2CCOCC2)no1. The summed E-state index contributed by atoms with van der Waals surface area (Å²) < 4.78 is 10.0. The lowest BCUT2D eigenvalue weighted by Gasteiger charge is -2.27. The summed E-state index contributed by atoms with van der Waals surface area (Å²) in [5.41, 5.74) is 2.94. The van der Waals surface area contributed by atoms with Gasteiger partial charge in [-0.3, -0.25) is 15.0 Å². The Kier molecular flexibility index (Phi) is 4.70. The largest absolute Gasteiger partial charge is 0.379 e. The van der Waals surface area contributed by atoms with Crippen molar-refractivity contribution in [3.8, 4) is 0 Å². The minimum atomic E-state index is -0.348. The van der Waals surface area contributed by atoms with Crippen LogP contribution in [0.1, 0.15) is 16.2 Å². The third kappa shape index (κ3) is 3.78. The molecule has 1 aliphatic rings. The zero-order valence-electron chi connectivity index (χ0n) is 11.6. The van der Waals surface area contributed by atoms with E-state index < -0.39 is 0 Å². The molecule has 1 N–H and O–H groups in total. The van der Waals surface area contributed by atoms with Crippen LogP contribution in [0.3, 0.4) is 0 Å². The highest BCUT2D eigenvalue weighted by molar-refractivity contribution is 5.94. The first-order valence-electron chi connectivity index (χ1n) is 6.37. The van der Waals surface area contributed by atoms with E-state index in [-0.39, 0.29) is 24.1 Å². The molecule has 8 nitrogen and oxygen atoms in total. The molecule has 8 heteroatoms. The Hall–Kier alpha value is -1.93. The van der Waals surface area contributed by atoms with Crippen molar-refractivity contribution in [3.05, 3.63) is 17.5 Å². The van der Waals surface area contributed by atoms with E-state index in [0.29, 0.717) is 32.1 Å². The molecule has 1 aromatic rings. The van der Waals surface area contributed by atoms with E-state index in [4.69, 9.17) is 9.26 Å².